The van der Waals surface area contributed by atoms with Gasteiger partial charge in [0.15, 0.2) is 11.5 Å². The summed E-state index contributed by atoms with van der Waals surface area (Å²) < 4.78 is 10.8. The van der Waals surface area contributed by atoms with Crippen molar-refractivity contribution in [3.05, 3.63) is 22.2 Å². The fraction of sp³-hybridized carbons (Fsp3) is 0.125. The summed E-state index contributed by atoms with van der Waals surface area (Å²) in [5.74, 6) is 0.680. The lowest BCUT2D eigenvalue weighted by Gasteiger charge is -2.01. The molecule has 68 valence electrons. The number of carbonyl (C=O) groups excluding carboxylic acids is 1. The van der Waals surface area contributed by atoms with Crippen molar-refractivity contribution in [2.45, 2.75) is 0 Å². The number of fused-ring (bicyclic) bond motifs is 1. The average Bonchev–Trinajstić information content (AvgIpc) is 2.48. The van der Waals surface area contributed by atoms with E-state index in [1.54, 1.807) is 12.1 Å². The van der Waals surface area contributed by atoms with E-state index >= 15 is 0 Å². The van der Waals surface area contributed by atoms with E-state index in [1.807, 2.05) is 0 Å². The summed E-state index contributed by atoms with van der Waals surface area (Å²) in [6, 6.07) is 3.23. The molecule has 5 heteroatoms. The van der Waals surface area contributed by atoms with Crippen LogP contribution in [0.15, 0.2) is 16.6 Å². The van der Waals surface area contributed by atoms with Gasteiger partial charge in [-0.15, -0.1) is 0 Å². The van der Waals surface area contributed by atoms with Crippen LogP contribution in [0.25, 0.3) is 0 Å². The Hall–Kier alpha value is -1.23. The van der Waals surface area contributed by atoms with Crippen LogP contribution >= 0.6 is 15.9 Å². The van der Waals surface area contributed by atoms with Crippen LogP contribution in [0.4, 0.5) is 0 Å². The first-order chi connectivity index (χ1) is 6.18. The number of hydrogen-bond donors (Lipinski definition) is 1. The molecule has 0 aliphatic carbocycles. The van der Waals surface area contributed by atoms with E-state index in [9.17, 15) is 4.79 Å². The van der Waals surface area contributed by atoms with E-state index in [0.29, 0.717) is 21.5 Å². The second-order valence-corrected chi connectivity index (χ2v) is 3.40. The summed E-state index contributed by atoms with van der Waals surface area (Å²) in [7, 11) is 0. The number of ether oxygens (including phenoxy) is 2. The maximum absolute atomic E-state index is 10.9. The van der Waals surface area contributed by atoms with Crippen LogP contribution in [-0.2, 0) is 0 Å². The minimum atomic E-state index is -0.495. The number of halogens is 1. The molecule has 0 saturated carbocycles. The third-order valence-corrected chi connectivity index (χ3v) is 2.38. The van der Waals surface area contributed by atoms with E-state index in [1.165, 1.54) is 0 Å². The van der Waals surface area contributed by atoms with Gasteiger partial charge in [0.1, 0.15) is 0 Å². The number of carbonyl (C=O) groups is 1. The molecule has 0 fully saturated rings. The molecule has 0 radical (unpaired) electrons. The van der Waals surface area contributed by atoms with Gasteiger partial charge in [-0.1, -0.05) is 0 Å². The predicted octanol–water partition coefficient (Wildman–Crippen LogP) is 1.28. The molecule has 2 rings (SSSR count). The van der Waals surface area contributed by atoms with Crippen molar-refractivity contribution >= 4 is 21.8 Å². The van der Waals surface area contributed by atoms with Crippen LogP contribution in [0.3, 0.4) is 0 Å². The van der Waals surface area contributed by atoms with Gasteiger partial charge in [-0.3, -0.25) is 4.79 Å². The Morgan fingerprint density at radius 1 is 1.38 bits per heavy atom. The first-order valence-corrected chi connectivity index (χ1v) is 4.37. The Bertz CT molecular complexity index is 378. The summed E-state index contributed by atoms with van der Waals surface area (Å²) in [5.41, 5.74) is 5.54. The largest absolute Gasteiger partial charge is 0.454 e. The molecule has 1 heterocycles. The number of benzene rings is 1. The summed E-state index contributed by atoms with van der Waals surface area (Å²) in [6.07, 6.45) is 0. The Kier molecular flexibility index (Phi) is 1.88. The van der Waals surface area contributed by atoms with E-state index in [4.69, 9.17) is 15.2 Å². The number of primary amides is 1. The Labute approximate surface area is 82.8 Å². The average molecular weight is 244 g/mol. The quantitative estimate of drug-likeness (QED) is 0.809. The molecule has 1 aromatic rings. The van der Waals surface area contributed by atoms with Gasteiger partial charge >= 0.3 is 0 Å². The van der Waals surface area contributed by atoms with Crippen molar-refractivity contribution in [1.82, 2.24) is 0 Å². The maximum atomic E-state index is 10.9. The Morgan fingerprint density at radius 3 is 2.62 bits per heavy atom. The monoisotopic (exact) mass is 243 g/mol. The molecule has 0 unspecified atom stereocenters. The second kappa shape index (κ2) is 2.92. The van der Waals surface area contributed by atoms with Crippen molar-refractivity contribution in [2.24, 2.45) is 5.73 Å². The molecule has 1 aliphatic rings. The minimum Gasteiger partial charge on any atom is -0.454 e. The van der Waals surface area contributed by atoms with Crippen molar-refractivity contribution in [1.29, 1.82) is 0 Å². The zero-order valence-corrected chi connectivity index (χ0v) is 8.13. The van der Waals surface area contributed by atoms with E-state index in [2.05, 4.69) is 15.9 Å². The molecule has 1 amide bonds. The first-order valence-electron chi connectivity index (χ1n) is 3.57. The van der Waals surface area contributed by atoms with E-state index < -0.39 is 5.91 Å². The van der Waals surface area contributed by atoms with Gasteiger partial charge in [0.2, 0.25) is 12.7 Å². The molecule has 2 N–H and O–H groups in total. The second-order valence-electron chi connectivity index (χ2n) is 2.55. The molecular formula is C8H6BrNO3. The van der Waals surface area contributed by atoms with Gasteiger partial charge < -0.3 is 15.2 Å². The zero-order valence-electron chi connectivity index (χ0n) is 6.54. The van der Waals surface area contributed by atoms with Crippen molar-refractivity contribution < 1.29 is 14.3 Å². The molecule has 1 aliphatic heterocycles. The third kappa shape index (κ3) is 1.35. The van der Waals surface area contributed by atoms with E-state index in [-0.39, 0.29) is 6.79 Å². The maximum Gasteiger partial charge on any atom is 0.249 e. The van der Waals surface area contributed by atoms with Crippen LogP contribution in [0, 0.1) is 0 Å². The highest BCUT2D eigenvalue weighted by atomic mass is 79.9. The Morgan fingerprint density at radius 2 is 2.00 bits per heavy atom. The molecule has 0 spiro atoms. The summed E-state index contributed by atoms with van der Waals surface area (Å²) >= 11 is 3.21. The van der Waals surface area contributed by atoms with E-state index in [0.717, 1.165) is 0 Å². The Balaban J connectivity index is 2.55. The smallest absolute Gasteiger partial charge is 0.249 e. The van der Waals surface area contributed by atoms with Gasteiger partial charge in [-0.25, -0.2) is 0 Å². The number of rotatable bonds is 1. The molecule has 1 aromatic carbocycles. The normalized spacial score (nSPS) is 13.0. The number of hydrogen-bond acceptors (Lipinski definition) is 3. The summed E-state index contributed by atoms with van der Waals surface area (Å²) in [6.45, 7) is 0.185. The molecule has 0 atom stereocenters. The molecular weight excluding hydrogens is 238 g/mol. The molecule has 0 saturated heterocycles. The van der Waals surface area contributed by atoms with Gasteiger partial charge in [0.25, 0.3) is 0 Å². The number of amides is 1. The SMILES string of the molecule is NC(=O)c1cc2c(cc1Br)OCO2. The zero-order chi connectivity index (χ0) is 9.42. The van der Waals surface area contributed by atoms with Gasteiger partial charge in [-0.2, -0.15) is 0 Å². The topological polar surface area (TPSA) is 61.6 Å². The van der Waals surface area contributed by atoms with Gasteiger partial charge in [0, 0.05) is 4.47 Å². The van der Waals surface area contributed by atoms with Crippen molar-refractivity contribution in [3.63, 3.8) is 0 Å². The van der Waals surface area contributed by atoms with Crippen LogP contribution in [0.1, 0.15) is 10.4 Å². The molecule has 0 aromatic heterocycles. The van der Waals surface area contributed by atoms with Crippen LogP contribution < -0.4 is 15.2 Å². The van der Waals surface area contributed by atoms with Crippen molar-refractivity contribution in [2.75, 3.05) is 6.79 Å². The molecule has 4 nitrogen and oxygen atoms in total. The highest BCUT2D eigenvalue weighted by Gasteiger charge is 2.18. The summed E-state index contributed by atoms with van der Waals surface area (Å²) in [4.78, 5) is 10.9. The molecule has 13 heavy (non-hydrogen) atoms. The van der Waals surface area contributed by atoms with Crippen LogP contribution in [-0.4, -0.2) is 12.7 Å². The standard InChI is InChI=1S/C8H6BrNO3/c9-5-2-7-6(12-3-13-7)1-4(5)8(10)11/h1-2H,3H2,(H2,10,11). The first kappa shape index (κ1) is 8.37. The summed E-state index contributed by atoms with van der Waals surface area (Å²) in [5, 5.41) is 0. The number of nitrogens with two attached hydrogens (primary N) is 1. The van der Waals surface area contributed by atoms with Gasteiger partial charge in [-0.05, 0) is 28.1 Å². The lowest BCUT2D eigenvalue weighted by Crippen LogP contribution is -2.11. The lowest BCUT2D eigenvalue weighted by atomic mass is 10.2. The predicted molar refractivity (Wildman–Crippen MR) is 48.8 cm³/mol. The van der Waals surface area contributed by atoms with Crippen molar-refractivity contribution in [3.8, 4) is 11.5 Å². The highest BCUT2D eigenvalue weighted by molar-refractivity contribution is 9.10. The minimum absolute atomic E-state index is 0.185. The van der Waals surface area contributed by atoms with Crippen LogP contribution in [0.5, 0.6) is 11.5 Å². The molecule has 0 bridgehead atoms. The third-order valence-electron chi connectivity index (χ3n) is 1.73. The fourth-order valence-corrected chi connectivity index (χ4v) is 1.62. The van der Waals surface area contributed by atoms with Gasteiger partial charge in [0.05, 0.1) is 5.56 Å². The fourth-order valence-electron chi connectivity index (χ4n) is 1.11. The lowest BCUT2D eigenvalue weighted by molar-refractivity contribution is 0.0999. The van der Waals surface area contributed by atoms with Crippen LogP contribution in [0.2, 0.25) is 0 Å². The highest BCUT2D eigenvalue weighted by Crippen LogP contribution is 2.36.